The molecule has 0 bridgehead atoms. The third-order valence-corrected chi connectivity index (χ3v) is 5.68. The molecule has 12 nitrogen and oxygen atoms in total. The van der Waals surface area contributed by atoms with Crippen LogP contribution in [0.5, 0.6) is 5.75 Å². The summed E-state index contributed by atoms with van der Waals surface area (Å²) >= 11 is 0. The lowest BCUT2D eigenvalue weighted by Crippen LogP contribution is -2.35. The first-order chi connectivity index (χ1) is 17.4. The van der Waals surface area contributed by atoms with Crippen molar-refractivity contribution in [1.82, 2.24) is 29.7 Å². The van der Waals surface area contributed by atoms with Crippen LogP contribution in [0.1, 0.15) is 53.7 Å². The number of nitrogens with zero attached hydrogens (tertiary/aromatic N) is 6. The number of hydrogen-bond acceptors (Lipinski definition) is 10. The second-order valence-electron chi connectivity index (χ2n) is 10.5. The van der Waals surface area contributed by atoms with Crippen molar-refractivity contribution >= 4 is 22.9 Å². The Kier molecular flexibility index (Phi) is 7.01. The Morgan fingerprint density at radius 3 is 2.68 bits per heavy atom. The first-order valence-electron chi connectivity index (χ1n) is 12.2. The predicted octanol–water partition coefficient (Wildman–Crippen LogP) is 2.84. The number of pyridine rings is 1. The summed E-state index contributed by atoms with van der Waals surface area (Å²) < 4.78 is 18.4. The molecule has 37 heavy (non-hydrogen) atoms. The number of anilines is 1. The van der Waals surface area contributed by atoms with Crippen LogP contribution in [0.4, 0.5) is 10.6 Å². The average Bonchev–Trinajstić information content (AvgIpc) is 3.52. The predicted molar refractivity (Wildman–Crippen MR) is 135 cm³/mol. The van der Waals surface area contributed by atoms with Crippen LogP contribution in [0, 0.1) is 17.8 Å². The van der Waals surface area contributed by atoms with E-state index in [1.54, 1.807) is 24.9 Å². The molecule has 0 radical (unpaired) electrons. The normalized spacial score (nSPS) is 16.1. The van der Waals surface area contributed by atoms with Gasteiger partial charge in [-0.05, 0) is 64.2 Å². The second-order valence-corrected chi connectivity index (χ2v) is 10.5. The van der Waals surface area contributed by atoms with E-state index in [1.807, 2.05) is 32.3 Å². The van der Waals surface area contributed by atoms with Crippen LogP contribution in [0.15, 0.2) is 10.8 Å². The van der Waals surface area contributed by atoms with E-state index >= 15 is 0 Å². The first kappa shape index (κ1) is 26.2. The molecule has 1 amide bonds. The van der Waals surface area contributed by atoms with Crippen molar-refractivity contribution in [2.75, 3.05) is 25.4 Å². The molecule has 1 aliphatic rings. The number of amides is 1. The number of carbonyl (C=O) groups is 1. The standard InChI is InChI=1S/C25H33N7O5/c1-7-32-20-17(35-14-15-9-11-31(13-15)23(33)36-24(2,3)4)12-27-16(8-10-25(5,6)34)18(20)28-22(32)19-21(26)30-37-29-19/h12,15,34H,7,9,11,13-14H2,1-6H3,(H2,26,30). The van der Waals surface area contributed by atoms with Crippen LogP contribution in [0.3, 0.4) is 0 Å². The van der Waals surface area contributed by atoms with Crippen molar-refractivity contribution in [3.63, 3.8) is 0 Å². The number of fused-ring (bicyclic) bond motifs is 1. The highest BCUT2D eigenvalue weighted by Crippen LogP contribution is 2.33. The Morgan fingerprint density at radius 2 is 2.05 bits per heavy atom. The third kappa shape index (κ3) is 5.94. The van der Waals surface area contributed by atoms with Gasteiger partial charge in [-0.1, -0.05) is 5.92 Å². The maximum Gasteiger partial charge on any atom is 0.410 e. The Labute approximate surface area is 215 Å². The van der Waals surface area contributed by atoms with Crippen molar-refractivity contribution in [1.29, 1.82) is 0 Å². The van der Waals surface area contributed by atoms with Gasteiger partial charge in [-0.15, -0.1) is 0 Å². The van der Waals surface area contributed by atoms with Gasteiger partial charge < -0.3 is 29.8 Å². The van der Waals surface area contributed by atoms with Crippen molar-refractivity contribution in [3.8, 4) is 29.1 Å². The molecule has 4 rings (SSSR count). The maximum absolute atomic E-state index is 12.4. The van der Waals surface area contributed by atoms with Gasteiger partial charge in [-0.2, -0.15) is 0 Å². The molecular weight excluding hydrogens is 478 g/mol. The number of carbonyl (C=O) groups excluding carboxylic acids is 1. The van der Waals surface area contributed by atoms with Crippen LogP contribution in [-0.2, 0) is 11.3 Å². The van der Waals surface area contributed by atoms with Crippen LogP contribution >= 0.6 is 0 Å². The van der Waals surface area contributed by atoms with E-state index in [0.29, 0.717) is 60.2 Å². The molecule has 0 aliphatic carbocycles. The smallest absolute Gasteiger partial charge is 0.410 e. The van der Waals surface area contributed by atoms with E-state index in [2.05, 4.69) is 27.1 Å². The lowest BCUT2D eigenvalue weighted by Gasteiger charge is -2.24. The Balaban J connectivity index is 1.65. The molecule has 0 saturated carbocycles. The number of nitrogens with two attached hydrogens (primary N) is 1. The monoisotopic (exact) mass is 511 g/mol. The minimum Gasteiger partial charge on any atom is -0.489 e. The van der Waals surface area contributed by atoms with Gasteiger partial charge in [0.05, 0.1) is 12.8 Å². The molecule has 3 aromatic rings. The highest BCUT2D eigenvalue weighted by atomic mass is 16.6. The van der Waals surface area contributed by atoms with Gasteiger partial charge in [0.1, 0.15) is 27.9 Å². The number of hydrogen-bond donors (Lipinski definition) is 2. The zero-order chi connectivity index (χ0) is 27.0. The summed E-state index contributed by atoms with van der Waals surface area (Å²) in [6.45, 7) is 12.7. The Morgan fingerprint density at radius 1 is 1.30 bits per heavy atom. The molecule has 1 aliphatic heterocycles. The number of aliphatic hydroxyl groups is 1. The fourth-order valence-corrected chi connectivity index (χ4v) is 4.03. The first-order valence-corrected chi connectivity index (χ1v) is 12.2. The number of rotatable bonds is 5. The van der Waals surface area contributed by atoms with Gasteiger partial charge in [0, 0.05) is 25.6 Å². The summed E-state index contributed by atoms with van der Waals surface area (Å²) in [6, 6.07) is 0. The summed E-state index contributed by atoms with van der Waals surface area (Å²) in [5.41, 5.74) is 6.03. The number of ether oxygens (including phenoxy) is 2. The second kappa shape index (κ2) is 9.89. The number of aromatic nitrogens is 5. The maximum atomic E-state index is 12.4. The largest absolute Gasteiger partial charge is 0.489 e. The molecule has 4 heterocycles. The number of likely N-dealkylation sites (tertiary alicyclic amines) is 1. The molecule has 1 fully saturated rings. The molecule has 3 N–H and O–H groups in total. The molecule has 0 spiro atoms. The van der Waals surface area contributed by atoms with E-state index in [0.717, 1.165) is 6.42 Å². The fourth-order valence-electron chi connectivity index (χ4n) is 4.03. The molecule has 1 unspecified atom stereocenters. The minimum atomic E-state index is -1.21. The van der Waals surface area contributed by atoms with Crippen molar-refractivity contribution in [2.24, 2.45) is 5.92 Å². The van der Waals surface area contributed by atoms with E-state index in [1.165, 1.54) is 0 Å². The molecule has 198 valence electrons. The van der Waals surface area contributed by atoms with Crippen LogP contribution in [0.25, 0.3) is 22.6 Å². The van der Waals surface area contributed by atoms with Gasteiger partial charge in [-0.25, -0.2) is 19.4 Å². The van der Waals surface area contributed by atoms with E-state index in [-0.39, 0.29) is 17.8 Å². The summed E-state index contributed by atoms with van der Waals surface area (Å²) in [4.78, 5) is 23.3. The average molecular weight is 512 g/mol. The number of aryl methyl sites for hydroxylation is 1. The lowest BCUT2D eigenvalue weighted by atomic mass is 10.1. The molecule has 3 aromatic heterocycles. The van der Waals surface area contributed by atoms with Gasteiger partial charge in [0.2, 0.25) is 0 Å². The van der Waals surface area contributed by atoms with Crippen molar-refractivity contribution < 1.29 is 24.0 Å². The van der Waals surface area contributed by atoms with E-state index in [4.69, 9.17) is 24.8 Å². The Hall–Kier alpha value is -3.85. The molecule has 1 saturated heterocycles. The van der Waals surface area contributed by atoms with Gasteiger partial charge in [0.15, 0.2) is 23.1 Å². The zero-order valence-corrected chi connectivity index (χ0v) is 22.0. The number of nitrogen functional groups attached to an aromatic ring is 1. The van der Waals surface area contributed by atoms with Crippen LogP contribution in [0.2, 0.25) is 0 Å². The minimum absolute atomic E-state index is 0.109. The summed E-state index contributed by atoms with van der Waals surface area (Å²) in [5, 5.41) is 17.7. The van der Waals surface area contributed by atoms with Crippen molar-refractivity contribution in [3.05, 3.63) is 11.9 Å². The van der Waals surface area contributed by atoms with Gasteiger partial charge in [-0.3, -0.25) is 0 Å². The molecule has 0 aromatic carbocycles. The highest BCUT2D eigenvalue weighted by Gasteiger charge is 2.31. The van der Waals surface area contributed by atoms with Gasteiger partial charge in [0.25, 0.3) is 0 Å². The molecule has 12 heteroatoms. The SMILES string of the molecule is CCn1c(-c2nonc2N)nc2c(C#CC(C)(C)O)ncc(OCC3CCN(C(=O)OC(C)(C)C)C3)c21. The zero-order valence-electron chi connectivity index (χ0n) is 22.0. The molecular formula is C25H33N7O5. The van der Waals surface area contributed by atoms with Gasteiger partial charge >= 0.3 is 6.09 Å². The summed E-state index contributed by atoms with van der Waals surface area (Å²) in [6.07, 6.45) is 2.07. The van der Waals surface area contributed by atoms with E-state index in [9.17, 15) is 9.90 Å². The number of imidazole rings is 1. The van der Waals surface area contributed by atoms with E-state index < -0.39 is 11.2 Å². The lowest BCUT2D eigenvalue weighted by molar-refractivity contribution is 0.0284. The topological polar surface area (TPSA) is 155 Å². The molecule has 1 atom stereocenters. The summed E-state index contributed by atoms with van der Waals surface area (Å²) in [7, 11) is 0. The van der Waals surface area contributed by atoms with Crippen LogP contribution < -0.4 is 10.5 Å². The van der Waals surface area contributed by atoms with Crippen LogP contribution in [-0.4, -0.2) is 71.8 Å². The van der Waals surface area contributed by atoms with Crippen molar-refractivity contribution in [2.45, 2.75) is 65.7 Å². The highest BCUT2D eigenvalue weighted by molar-refractivity contribution is 5.89. The summed E-state index contributed by atoms with van der Waals surface area (Å²) in [5.74, 6) is 6.90. The fraction of sp³-hybridized carbons (Fsp3) is 0.560. The quantitative estimate of drug-likeness (QED) is 0.489. The Bertz CT molecular complexity index is 1350. The third-order valence-electron chi connectivity index (χ3n) is 5.68.